The molecule has 2 rings (SSSR count). The van der Waals surface area contributed by atoms with Gasteiger partial charge in [0.25, 0.3) is 0 Å². The van der Waals surface area contributed by atoms with Gasteiger partial charge in [-0.2, -0.15) is 11.8 Å². The normalized spacial score (nSPS) is 32.2. The van der Waals surface area contributed by atoms with Crippen LogP contribution in [0.3, 0.4) is 0 Å². The average molecular weight is 200 g/mol. The van der Waals surface area contributed by atoms with Crippen LogP contribution >= 0.6 is 11.8 Å². The van der Waals surface area contributed by atoms with E-state index in [2.05, 4.69) is 5.32 Å². The van der Waals surface area contributed by atoms with E-state index in [4.69, 9.17) is 0 Å². The van der Waals surface area contributed by atoms with Gasteiger partial charge >= 0.3 is 0 Å². The van der Waals surface area contributed by atoms with Crippen molar-refractivity contribution in [3.63, 3.8) is 0 Å². The van der Waals surface area contributed by atoms with Crippen molar-refractivity contribution in [2.45, 2.75) is 0 Å². The first-order valence-corrected chi connectivity index (χ1v) is 6.18. The Kier molecular flexibility index (Phi) is 2.79. The van der Waals surface area contributed by atoms with Gasteiger partial charge in [-0.05, 0) is 18.1 Å². The highest BCUT2D eigenvalue weighted by Crippen LogP contribution is 2.26. The predicted molar refractivity (Wildman–Crippen MR) is 54.8 cm³/mol. The summed E-state index contributed by atoms with van der Waals surface area (Å²) in [4.78, 5) is 13.6. The smallest absolute Gasteiger partial charge is 0.232 e. The van der Waals surface area contributed by atoms with E-state index in [1.165, 1.54) is 0 Å². The largest absolute Gasteiger partial charge is 0.341 e. The Balaban J connectivity index is 1.87. The third-order valence-corrected chi connectivity index (χ3v) is 3.55. The molecule has 13 heavy (non-hydrogen) atoms. The number of amides is 1. The summed E-state index contributed by atoms with van der Waals surface area (Å²) in [5.41, 5.74) is 0. The van der Waals surface area contributed by atoms with Crippen LogP contribution in [0.4, 0.5) is 0 Å². The molecule has 2 heterocycles. The van der Waals surface area contributed by atoms with Crippen molar-refractivity contribution in [1.82, 2.24) is 10.2 Å². The zero-order valence-corrected chi connectivity index (χ0v) is 8.77. The molecular formula is C9H16N2OS. The van der Waals surface area contributed by atoms with Crippen LogP contribution in [-0.2, 0) is 4.79 Å². The van der Waals surface area contributed by atoms with Crippen LogP contribution in [0, 0.1) is 11.8 Å². The van der Waals surface area contributed by atoms with E-state index in [9.17, 15) is 4.79 Å². The molecule has 0 saturated carbocycles. The lowest BCUT2D eigenvalue weighted by Gasteiger charge is -2.16. The molecule has 2 aliphatic rings. The molecule has 0 aromatic heterocycles. The Morgan fingerprint density at radius 1 is 1.46 bits per heavy atom. The fraction of sp³-hybridized carbons (Fsp3) is 0.889. The van der Waals surface area contributed by atoms with Crippen molar-refractivity contribution in [3.8, 4) is 0 Å². The van der Waals surface area contributed by atoms with Gasteiger partial charge in [-0.25, -0.2) is 0 Å². The lowest BCUT2D eigenvalue weighted by molar-refractivity contribution is -0.127. The van der Waals surface area contributed by atoms with Crippen LogP contribution < -0.4 is 5.32 Å². The van der Waals surface area contributed by atoms with Crippen LogP contribution in [0.15, 0.2) is 0 Å². The number of thioether (sulfide) groups is 1. The molecule has 2 saturated heterocycles. The zero-order valence-electron chi connectivity index (χ0n) is 7.95. The Labute approximate surface area is 83.2 Å². The summed E-state index contributed by atoms with van der Waals surface area (Å²) in [6.07, 6.45) is 1.98. The van der Waals surface area contributed by atoms with Crippen molar-refractivity contribution in [3.05, 3.63) is 0 Å². The molecule has 2 atom stereocenters. The molecule has 2 fully saturated rings. The van der Waals surface area contributed by atoms with E-state index < -0.39 is 0 Å². The molecule has 0 bridgehead atoms. The number of fused-ring (bicyclic) bond motifs is 1. The SMILES string of the molecule is CSCC(=O)N1C[C@H]2CNC[C@H]2C1. The number of carbonyl (C=O) groups excluding carboxylic acids is 1. The molecule has 0 aliphatic carbocycles. The molecule has 0 unspecified atom stereocenters. The van der Waals surface area contributed by atoms with Gasteiger partial charge in [0.05, 0.1) is 5.75 Å². The third kappa shape index (κ3) is 1.83. The van der Waals surface area contributed by atoms with Crippen LogP contribution in [0.1, 0.15) is 0 Å². The topological polar surface area (TPSA) is 32.3 Å². The molecule has 0 radical (unpaired) electrons. The van der Waals surface area contributed by atoms with Crippen LogP contribution in [0.25, 0.3) is 0 Å². The number of hydrogen-bond acceptors (Lipinski definition) is 3. The fourth-order valence-electron chi connectivity index (χ4n) is 2.27. The lowest BCUT2D eigenvalue weighted by atomic mass is 10.0. The molecule has 2 aliphatic heterocycles. The summed E-state index contributed by atoms with van der Waals surface area (Å²) in [6.45, 7) is 4.18. The summed E-state index contributed by atoms with van der Waals surface area (Å²) in [7, 11) is 0. The van der Waals surface area contributed by atoms with Gasteiger partial charge < -0.3 is 10.2 Å². The zero-order chi connectivity index (χ0) is 9.26. The maximum Gasteiger partial charge on any atom is 0.232 e. The second-order valence-electron chi connectivity index (χ2n) is 3.91. The first kappa shape index (κ1) is 9.34. The summed E-state index contributed by atoms with van der Waals surface area (Å²) in [6, 6.07) is 0. The van der Waals surface area contributed by atoms with Crippen molar-refractivity contribution >= 4 is 17.7 Å². The minimum Gasteiger partial charge on any atom is -0.341 e. The molecule has 1 N–H and O–H groups in total. The second kappa shape index (κ2) is 3.88. The highest BCUT2D eigenvalue weighted by Gasteiger charge is 2.37. The summed E-state index contributed by atoms with van der Waals surface area (Å²) in [5, 5.41) is 3.37. The van der Waals surface area contributed by atoms with E-state index in [1.807, 2.05) is 11.2 Å². The van der Waals surface area contributed by atoms with Crippen LogP contribution in [0.2, 0.25) is 0 Å². The molecule has 74 valence electrons. The van der Waals surface area contributed by atoms with Gasteiger partial charge in [0, 0.05) is 26.2 Å². The Hall–Kier alpha value is -0.220. The molecule has 0 aromatic carbocycles. The maximum atomic E-state index is 11.6. The van der Waals surface area contributed by atoms with Crippen molar-refractivity contribution in [2.75, 3.05) is 38.2 Å². The monoisotopic (exact) mass is 200 g/mol. The summed E-state index contributed by atoms with van der Waals surface area (Å²) < 4.78 is 0. The van der Waals surface area contributed by atoms with Crippen molar-refractivity contribution in [2.24, 2.45) is 11.8 Å². The number of nitrogens with zero attached hydrogens (tertiary/aromatic N) is 1. The number of carbonyl (C=O) groups is 1. The highest BCUT2D eigenvalue weighted by molar-refractivity contribution is 7.99. The third-order valence-electron chi connectivity index (χ3n) is 3.01. The number of likely N-dealkylation sites (tertiary alicyclic amines) is 1. The van der Waals surface area contributed by atoms with Gasteiger partial charge in [-0.1, -0.05) is 0 Å². The van der Waals surface area contributed by atoms with Gasteiger partial charge in [0.2, 0.25) is 5.91 Å². The molecule has 1 amide bonds. The molecular weight excluding hydrogens is 184 g/mol. The van der Waals surface area contributed by atoms with Gasteiger partial charge in [0.15, 0.2) is 0 Å². The Bertz CT molecular complexity index is 198. The van der Waals surface area contributed by atoms with E-state index >= 15 is 0 Å². The minimum atomic E-state index is 0.321. The standard InChI is InChI=1S/C9H16N2OS/c1-13-6-9(12)11-4-7-2-10-3-8(7)5-11/h7-8,10H,2-6H2,1H3/t7-,8+. The first-order chi connectivity index (χ1) is 6.31. The average Bonchev–Trinajstić information content (AvgIpc) is 2.61. The van der Waals surface area contributed by atoms with Crippen LogP contribution in [0.5, 0.6) is 0 Å². The van der Waals surface area contributed by atoms with E-state index in [0.717, 1.165) is 38.0 Å². The number of hydrogen-bond donors (Lipinski definition) is 1. The minimum absolute atomic E-state index is 0.321. The predicted octanol–water partition coefficient (Wildman–Crippen LogP) is 0.0272. The van der Waals surface area contributed by atoms with Crippen molar-refractivity contribution < 1.29 is 4.79 Å². The van der Waals surface area contributed by atoms with E-state index in [0.29, 0.717) is 11.7 Å². The van der Waals surface area contributed by atoms with E-state index in [1.54, 1.807) is 11.8 Å². The van der Waals surface area contributed by atoms with E-state index in [-0.39, 0.29) is 0 Å². The molecule has 3 nitrogen and oxygen atoms in total. The van der Waals surface area contributed by atoms with Crippen LogP contribution in [-0.4, -0.2) is 49.0 Å². The lowest BCUT2D eigenvalue weighted by Crippen LogP contribution is -2.33. The quantitative estimate of drug-likeness (QED) is 0.682. The Morgan fingerprint density at radius 3 is 2.62 bits per heavy atom. The fourth-order valence-corrected chi connectivity index (χ4v) is 2.70. The number of rotatable bonds is 2. The van der Waals surface area contributed by atoms with Crippen molar-refractivity contribution in [1.29, 1.82) is 0 Å². The van der Waals surface area contributed by atoms with Gasteiger partial charge in [0.1, 0.15) is 0 Å². The molecule has 0 aromatic rings. The second-order valence-corrected chi connectivity index (χ2v) is 4.78. The van der Waals surface area contributed by atoms with Gasteiger partial charge in [-0.15, -0.1) is 0 Å². The summed E-state index contributed by atoms with van der Waals surface area (Å²) in [5.74, 6) is 2.42. The summed E-state index contributed by atoms with van der Waals surface area (Å²) >= 11 is 1.62. The molecule has 4 heteroatoms. The highest BCUT2D eigenvalue weighted by atomic mass is 32.2. The maximum absolute atomic E-state index is 11.6. The Morgan fingerprint density at radius 2 is 2.08 bits per heavy atom. The number of nitrogens with one attached hydrogen (secondary N) is 1. The first-order valence-electron chi connectivity index (χ1n) is 4.78. The molecule has 0 spiro atoms. The van der Waals surface area contributed by atoms with Gasteiger partial charge in [-0.3, -0.25) is 4.79 Å².